The van der Waals surface area contributed by atoms with Gasteiger partial charge >= 0.3 is 0 Å². The molecule has 1 aliphatic rings. The van der Waals surface area contributed by atoms with E-state index in [1.165, 1.54) is 0 Å². The number of likely N-dealkylation sites (tertiary alicyclic amines) is 1. The van der Waals surface area contributed by atoms with Gasteiger partial charge in [-0.1, -0.05) is 41.6 Å². The van der Waals surface area contributed by atoms with Crippen molar-refractivity contribution in [3.63, 3.8) is 0 Å². The Morgan fingerprint density at radius 3 is 2.56 bits per heavy atom. The lowest BCUT2D eigenvalue weighted by Crippen LogP contribution is -2.45. The molecule has 2 N–H and O–H groups in total. The van der Waals surface area contributed by atoms with E-state index in [0.717, 1.165) is 30.8 Å². The molecule has 8 heteroatoms. The number of carbonyl (C=O) groups excluding carboxylic acids is 2. The molecule has 8 nitrogen and oxygen atoms in total. The summed E-state index contributed by atoms with van der Waals surface area (Å²) in [5, 5.41) is 14.4. The van der Waals surface area contributed by atoms with Gasteiger partial charge in [-0.2, -0.15) is 0 Å². The van der Waals surface area contributed by atoms with Gasteiger partial charge in [0.05, 0.1) is 30.4 Å². The molecular weight excluding hydrogens is 404 g/mol. The molecule has 4 rings (SSSR count). The van der Waals surface area contributed by atoms with Crippen molar-refractivity contribution in [2.45, 2.75) is 25.8 Å². The first-order valence-electron chi connectivity index (χ1n) is 10.9. The highest BCUT2D eigenvalue weighted by molar-refractivity contribution is 5.92. The lowest BCUT2D eigenvalue weighted by Gasteiger charge is -2.32. The second-order valence-corrected chi connectivity index (χ2v) is 8.14. The maximum absolute atomic E-state index is 12.9. The number of hydrogen-bond acceptors (Lipinski definition) is 5. The Morgan fingerprint density at radius 2 is 1.81 bits per heavy atom. The first-order valence-corrected chi connectivity index (χ1v) is 10.9. The highest BCUT2D eigenvalue weighted by atomic mass is 16.2. The number of amides is 2. The molecule has 1 saturated heterocycles. The van der Waals surface area contributed by atoms with Crippen LogP contribution in [0.15, 0.2) is 66.9 Å². The van der Waals surface area contributed by atoms with Crippen LogP contribution in [0.1, 0.15) is 31.5 Å². The van der Waals surface area contributed by atoms with Crippen LogP contribution in [0, 0.1) is 5.92 Å². The van der Waals surface area contributed by atoms with E-state index in [-0.39, 0.29) is 30.3 Å². The van der Waals surface area contributed by atoms with Gasteiger partial charge in [0.2, 0.25) is 11.8 Å². The number of anilines is 1. The number of nitrogens with one attached hydrogen (secondary N) is 2. The van der Waals surface area contributed by atoms with Crippen molar-refractivity contribution in [3.8, 4) is 5.69 Å². The monoisotopic (exact) mass is 432 g/mol. The Labute approximate surface area is 187 Å². The van der Waals surface area contributed by atoms with E-state index in [2.05, 4.69) is 20.9 Å². The predicted octanol–water partition coefficient (Wildman–Crippen LogP) is 2.80. The normalized spacial score (nSPS) is 17.5. The molecule has 2 atom stereocenters. The van der Waals surface area contributed by atoms with Crippen LogP contribution in [-0.2, 0) is 9.59 Å². The van der Waals surface area contributed by atoms with Crippen molar-refractivity contribution in [2.24, 2.45) is 5.92 Å². The maximum Gasteiger partial charge on any atom is 0.238 e. The van der Waals surface area contributed by atoms with Crippen molar-refractivity contribution < 1.29 is 9.59 Å². The summed E-state index contributed by atoms with van der Waals surface area (Å²) < 4.78 is 1.70. The second-order valence-electron chi connectivity index (χ2n) is 8.14. The van der Waals surface area contributed by atoms with Gasteiger partial charge in [-0.25, -0.2) is 4.68 Å². The fourth-order valence-corrected chi connectivity index (χ4v) is 3.93. The molecule has 0 aliphatic carbocycles. The van der Waals surface area contributed by atoms with Crippen molar-refractivity contribution >= 4 is 17.5 Å². The summed E-state index contributed by atoms with van der Waals surface area (Å²) in [6.07, 6.45) is 3.53. The number of hydrogen-bond donors (Lipinski definition) is 2. The average Bonchev–Trinajstić information content (AvgIpc) is 3.31. The zero-order chi connectivity index (χ0) is 22.3. The molecule has 2 unspecified atom stereocenters. The molecule has 2 heterocycles. The van der Waals surface area contributed by atoms with Crippen molar-refractivity contribution in [1.29, 1.82) is 0 Å². The topological polar surface area (TPSA) is 92.2 Å². The predicted molar refractivity (Wildman–Crippen MR) is 122 cm³/mol. The lowest BCUT2D eigenvalue weighted by molar-refractivity contribution is -0.128. The summed E-state index contributed by atoms with van der Waals surface area (Å²) in [6.45, 7) is 3.56. The highest BCUT2D eigenvalue weighted by Gasteiger charge is 2.28. The third kappa shape index (κ3) is 5.59. The van der Waals surface area contributed by atoms with Gasteiger partial charge < -0.3 is 10.6 Å². The van der Waals surface area contributed by atoms with Crippen LogP contribution in [-0.4, -0.2) is 51.3 Å². The molecule has 1 aromatic heterocycles. The van der Waals surface area contributed by atoms with E-state index in [4.69, 9.17) is 0 Å². The molecule has 166 valence electrons. The van der Waals surface area contributed by atoms with E-state index >= 15 is 0 Å². The van der Waals surface area contributed by atoms with Gasteiger partial charge in [0, 0.05) is 12.2 Å². The van der Waals surface area contributed by atoms with Crippen LogP contribution in [0.5, 0.6) is 0 Å². The van der Waals surface area contributed by atoms with Crippen molar-refractivity contribution in [2.75, 3.05) is 25.0 Å². The van der Waals surface area contributed by atoms with E-state index in [0.29, 0.717) is 12.2 Å². The first kappa shape index (κ1) is 21.7. The molecule has 2 aromatic carbocycles. The largest absolute Gasteiger partial charge is 0.348 e. The summed E-state index contributed by atoms with van der Waals surface area (Å²) in [7, 11) is 0. The Bertz CT molecular complexity index is 1040. The molecule has 1 aliphatic heterocycles. The summed E-state index contributed by atoms with van der Waals surface area (Å²) in [6, 6.07) is 18.9. The molecule has 0 radical (unpaired) electrons. The van der Waals surface area contributed by atoms with Crippen LogP contribution in [0.2, 0.25) is 0 Å². The fraction of sp³-hybridized carbons (Fsp3) is 0.333. The zero-order valence-electron chi connectivity index (χ0n) is 18.1. The molecule has 0 spiro atoms. The summed E-state index contributed by atoms with van der Waals surface area (Å²) in [5.41, 5.74) is 2.40. The van der Waals surface area contributed by atoms with Crippen LogP contribution in [0.4, 0.5) is 5.69 Å². The summed E-state index contributed by atoms with van der Waals surface area (Å²) >= 11 is 0. The van der Waals surface area contributed by atoms with E-state index < -0.39 is 0 Å². The van der Waals surface area contributed by atoms with Gasteiger partial charge in [0.15, 0.2) is 0 Å². The zero-order valence-corrected chi connectivity index (χ0v) is 18.1. The Balaban J connectivity index is 1.29. The minimum absolute atomic E-state index is 0.0140. The molecule has 32 heavy (non-hydrogen) atoms. The number of nitrogens with zero attached hydrogens (tertiary/aromatic N) is 4. The first-order chi connectivity index (χ1) is 15.6. The van der Waals surface area contributed by atoms with Crippen LogP contribution < -0.4 is 10.6 Å². The standard InChI is InChI=1S/C24H28N6O2/c1-18(22-16-30(28-27-22)21-12-6-3-7-13-21)25-24(32)19-9-8-14-29(15-19)17-23(31)26-20-10-4-2-5-11-20/h2-7,10-13,16,18-19H,8-9,14-15,17H2,1H3,(H,25,32)(H,26,31). The number of aromatic nitrogens is 3. The average molecular weight is 433 g/mol. The third-order valence-electron chi connectivity index (χ3n) is 5.64. The Kier molecular flexibility index (Phi) is 6.91. The van der Waals surface area contributed by atoms with E-state index in [9.17, 15) is 9.59 Å². The minimum atomic E-state index is -0.253. The second kappa shape index (κ2) is 10.2. The summed E-state index contributed by atoms with van der Waals surface area (Å²) in [5.74, 6) is -0.233. The van der Waals surface area contributed by atoms with Crippen LogP contribution in [0.3, 0.4) is 0 Å². The Hall–Kier alpha value is -3.52. The molecule has 2 amide bonds. The number of piperidine rings is 1. The molecule has 1 fully saturated rings. The minimum Gasteiger partial charge on any atom is -0.348 e. The van der Waals surface area contributed by atoms with E-state index in [1.807, 2.05) is 78.7 Å². The van der Waals surface area contributed by atoms with Gasteiger partial charge in [0.25, 0.3) is 0 Å². The molecule has 3 aromatic rings. The van der Waals surface area contributed by atoms with Crippen molar-refractivity contribution in [1.82, 2.24) is 25.2 Å². The van der Waals surface area contributed by atoms with E-state index in [1.54, 1.807) is 4.68 Å². The number of carbonyl (C=O) groups is 2. The lowest BCUT2D eigenvalue weighted by atomic mass is 9.96. The molecule has 0 bridgehead atoms. The number of benzene rings is 2. The van der Waals surface area contributed by atoms with Crippen molar-refractivity contribution in [3.05, 3.63) is 72.6 Å². The molecule has 0 saturated carbocycles. The number of para-hydroxylation sites is 2. The van der Waals surface area contributed by atoms with Crippen LogP contribution in [0.25, 0.3) is 5.69 Å². The quantitative estimate of drug-likeness (QED) is 0.599. The Morgan fingerprint density at radius 1 is 1.09 bits per heavy atom. The van der Waals surface area contributed by atoms with Gasteiger partial charge in [-0.3, -0.25) is 14.5 Å². The van der Waals surface area contributed by atoms with Crippen LogP contribution >= 0.6 is 0 Å². The molecular formula is C24H28N6O2. The summed E-state index contributed by atoms with van der Waals surface area (Å²) in [4.78, 5) is 27.3. The smallest absolute Gasteiger partial charge is 0.238 e. The fourth-order valence-electron chi connectivity index (χ4n) is 3.93. The van der Waals surface area contributed by atoms with Gasteiger partial charge in [0.1, 0.15) is 5.69 Å². The number of rotatable bonds is 7. The SMILES string of the molecule is CC(NC(=O)C1CCCN(CC(=O)Nc2ccccc2)C1)c1cn(-c2ccccc2)nn1. The third-order valence-corrected chi connectivity index (χ3v) is 5.64. The van der Waals surface area contributed by atoms with Gasteiger partial charge in [-0.05, 0) is 50.6 Å². The van der Waals surface area contributed by atoms with Gasteiger partial charge in [-0.15, -0.1) is 5.10 Å². The maximum atomic E-state index is 12.9. The highest BCUT2D eigenvalue weighted by Crippen LogP contribution is 2.19.